The van der Waals surface area contributed by atoms with Crippen molar-refractivity contribution in [3.05, 3.63) is 129 Å². The van der Waals surface area contributed by atoms with Crippen LogP contribution in [0.2, 0.25) is 12.6 Å². The van der Waals surface area contributed by atoms with Crippen LogP contribution in [0.5, 0.6) is 0 Å². The van der Waals surface area contributed by atoms with Crippen molar-refractivity contribution in [3.63, 3.8) is 0 Å². The summed E-state index contributed by atoms with van der Waals surface area (Å²) in [5.41, 5.74) is 13.6. The van der Waals surface area contributed by atoms with Crippen LogP contribution in [0.1, 0.15) is 129 Å². The Morgan fingerprint density at radius 1 is 0.702 bits per heavy atom. The molecule has 0 saturated carbocycles. The molecule has 0 amide bonds. The minimum absolute atomic E-state index is 0.0723. The van der Waals surface area contributed by atoms with Gasteiger partial charge in [0.25, 0.3) is 0 Å². The first-order valence-corrected chi connectivity index (χ1v) is 29.8. The van der Waals surface area contributed by atoms with Crippen molar-refractivity contribution >= 4 is 47.3 Å². The molecule has 0 radical (unpaired) electrons. The van der Waals surface area contributed by atoms with Crippen molar-refractivity contribution in [2.24, 2.45) is 0 Å². The molecule has 0 bridgehead atoms. The van der Waals surface area contributed by atoms with Gasteiger partial charge in [-0.05, 0) is 78.3 Å². The van der Waals surface area contributed by atoms with Crippen molar-refractivity contribution < 1.29 is 25.6 Å². The van der Waals surface area contributed by atoms with Crippen molar-refractivity contribution in [1.29, 1.82) is 0 Å². The molecule has 0 aliphatic heterocycles. The molecule has 1 aliphatic carbocycles. The Kier molecular flexibility index (Phi) is 15.3. The number of hydrogen-bond donors (Lipinski definition) is 0. The summed E-state index contributed by atoms with van der Waals surface area (Å²) in [4.78, 5) is 6.12. The van der Waals surface area contributed by atoms with E-state index < -0.39 is 29.1 Å². The molecule has 0 fully saturated rings. The molecule has 0 aromatic heterocycles. The molecule has 6 heteroatoms. The zero-order valence-electron chi connectivity index (χ0n) is 36.7. The van der Waals surface area contributed by atoms with E-state index in [1.807, 2.05) is 0 Å². The number of benzene rings is 4. The number of nitrogens with zero attached hydrogens (tertiary/aromatic N) is 1. The van der Waals surface area contributed by atoms with Gasteiger partial charge in [-0.15, -0.1) is 28.5 Å². The summed E-state index contributed by atoms with van der Waals surface area (Å²) in [7, 11) is 7.48. The maximum atomic E-state index is 6.12. The van der Waals surface area contributed by atoms with Gasteiger partial charge in [0.1, 0.15) is 0 Å². The first-order chi connectivity index (χ1) is 26.8. The van der Waals surface area contributed by atoms with E-state index in [0.29, 0.717) is 0 Å². The summed E-state index contributed by atoms with van der Waals surface area (Å²) in [6.45, 7) is 28.2. The van der Waals surface area contributed by atoms with Crippen LogP contribution in [0.4, 0.5) is 0 Å². The molecule has 1 aliphatic rings. The Balaban J connectivity index is 0.00000200. The Hall–Kier alpha value is -2.17. The predicted molar refractivity (Wildman–Crippen MR) is 251 cm³/mol. The number of hydrogen-bond acceptors (Lipinski definition) is 1. The van der Waals surface area contributed by atoms with Crippen molar-refractivity contribution in [2.45, 2.75) is 137 Å². The summed E-state index contributed by atoms with van der Waals surface area (Å²) >= 11 is -0.826. The van der Waals surface area contributed by atoms with Gasteiger partial charge in [0, 0.05) is 6.61 Å². The normalized spacial score (nSPS) is 15.4. The number of fused-ring (bicyclic) bond motifs is 2. The van der Waals surface area contributed by atoms with Crippen LogP contribution in [0.15, 0.2) is 96.6 Å². The zero-order valence-corrected chi connectivity index (χ0v) is 41.6. The van der Waals surface area contributed by atoms with Crippen molar-refractivity contribution in [2.75, 3.05) is 6.61 Å². The van der Waals surface area contributed by atoms with Crippen LogP contribution in [0.3, 0.4) is 0 Å². The van der Waals surface area contributed by atoms with Crippen LogP contribution >= 0.6 is 17.0 Å². The van der Waals surface area contributed by atoms with Gasteiger partial charge in [0.05, 0.1) is 5.60 Å². The van der Waals surface area contributed by atoms with Crippen LogP contribution in [0, 0.1) is 6.92 Å². The van der Waals surface area contributed by atoms with E-state index in [0.717, 1.165) is 19.1 Å². The van der Waals surface area contributed by atoms with E-state index in [-0.39, 0.29) is 22.5 Å². The van der Waals surface area contributed by atoms with E-state index in [1.165, 1.54) is 90.9 Å². The Bertz CT molecular complexity index is 2130. The van der Waals surface area contributed by atoms with Crippen molar-refractivity contribution in [1.82, 2.24) is 0 Å². The maximum absolute atomic E-state index is 6.12. The summed E-state index contributed by atoms with van der Waals surface area (Å²) < 4.78 is 6.05. The quantitative estimate of drug-likeness (QED) is 0.0695. The fourth-order valence-corrected chi connectivity index (χ4v) is 12.6. The summed E-state index contributed by atoms with van der Waals surface area (Å²) in [5.74, 6) is 0. The Labute approximate surface area is 365 Å². The van der Waals surface area contributed by atoms with Crippen molar-refractivity contribution in [3.8, 4) is 22.3 Å². The first kappa shape index (κ1) is 45.9. The van der Waals surface area contributed by atoms with Crippen LogP contribution in [-0.4, -0.2) is 20.4 Å². The van der Waals surface area contributed by atoms with Gasteiger partial charge in [0.2, 0.25) is 0 Å². The monoisotopic (exact) mass is 895 g/mol. The van der Waals surface area contributed by atoms with Gasteiger partial charge in [-0.1, -0.05) is 190 Å². The van der Waals surface area contributed by atoms with Gasteiger partial charge < -0.3 is 9.72 Å². The van der Waals surface area contributed by atoms with Crippen LogP contribution < -0.4 is 5.19 Å². The molecule has 2 nitrogen and oxygen atoms in total. The number of ether oxygens (including phenoxy) is 1. The standard InChI is InChI=1S/C51H65NOSi.2ClH.Zr/c1-35-33-45-41(37-23-27-39(28-24-37)49(3,4)5)19-17-21-43(45)47(35)52-54(12,32-16-14-13-15-31-53-51(9,10)11)48-36(2)34-46-42(20-18-22-44(46)48)38-25-29-40(30-26-38)50(6,7)8;;;/h17-30,33-34,47H,13-16,31-32H2,1-12H3;2*1H;/q-2;;;+4/p-2. The molecular weight excluding hydrogens is 833 g/mol. The molecule has 302 valence electrons. The number of halogens is 2. The predicted octanol–water partition coefficient (Wildman–Crippen LogP) is 15.9. The number of rotatable bonds is 12. The molecule has 0 heterocycles. The molecule has 0 saturated heterocycles. The third-order valence-electron chi connectivity index (χ3n) is 11.5. The molecule has 2 unspecified atom stereocenters. The average molecular weight is 898 g/mol. The third-order valence-corrected chi connectivity index (χ3v) is 15.4. The second kappa shape index (κ2) is 19.0. The first-order valence-electron chi connectivity index (χ1n) is 20.8. The van der Waals surface area contributed by atoms with Gasteiger partial charge in [0.15, 0.2) is 0 Å². The zero-order chi connectivity index (χ0) is 41.8. The molecule has 5 aromatic rings. The van der Waals surface area contributed by atoms with Crippen LogP contribution in [-0.2, 0) is 36.4 Å². The molecular formula is C51H65Cl2NOSiZr. The summed E-state index contributed by atoms with van der Waals surface area (Å²) in [6.07, 6.45) is 7.12. The summed E-state index contributed by atoms with van der Waals surface area (Å²) in [6, 6.07) is 36.0. The minimum atomic E-state index is -2.39. The topological polar surface area (TPSA) is 23.3 Å². The molecule has 0 spiro atoms. The fraction of sp³-hybridized carbons (Fsp3) is 0.431. The average Bonchev–Trinajstić information content (AvgIpc) is 3.65. The van der Waals surface area contributed by atoms with E-state index in [1.54, 1.807) is 0 Å². The molecule has 0 N–H and O–H groups in total. The van der Waals surface area contributed by atoms with Crippen LogP contribution in [0.25, 0.3) is 44.1 Å². The van der Waals surface area contributed by atoms with Gasteiger partial charge in [-0.3, -0.25) is 0 Å². The Morgan fingerprint density at radius 2 is 1.23 bits per heavy atom. The van der Waals surface area contributed by atoms with E-state index in [2.05, 4.69) is 180 Å². The fourth-order valence-electron chi connectivity index (χ4n) is 8.51. The van der Waals surface area contributed by atoms with E-state index >= 15 is 0 Å². The number of aryl methyl sites for hydroxylation is 1. The molecule has 5 aromatic carbocycles. The molecule has 6 rings (SSSR count). The second-order valence-corrected chi connectivity index (χ2v) is 26.9. The Morgan fingerprint density at radius 3 is 1.79 bits per heavy atom. The number of unbranched alkanes of at least 4 members (excludes halogenated alkanes) is 3. The van der Waals surface area contributed by atoms with Gasteiger partial charge >= 0.3 is 37.9 Å². The van der Waals surface area contributed by atoms with E-state index in [4.69, 9.17) is 26.7 Å². The second-order valence-electron chi connectivity index (χ2n) is 19.3. The molecule has 2 atom stereocenters. The molecule has 57 heavy (non-hydrogen) atoms. The van der Waals surface area contributed by atoms with Gasteiger partial charge in [-0.25, -0.2) is 0 Å². The summed E-state index contributed by atoms with van der Waals surface area (Å²) in [5, 5.41) is 4.28. The third kappa shape index (κ3) is 11.4. The van der Waals surface area contributed by atoms with E-state index in [9.17, 15) is 0 Å². The van der Waals surface area contributed by atoms with Gasteiger partial charge in [-0.2, -0.15) is 11.3 Å². The SMILES string of the molecule is CC1=Cc2c(-c3ccc(C(C)(C)C)cc3)cccc2C1[N-][Si](C)(CCCCCCOC(C)(C)C)[c-]1c(C)cc2c(-c3ccc(C(C)(C)C)cc3)cccc21.[Cl][Zr+2][Cl].